The fourth-order valence-electron chi connectivity index (χ4n) is 2.26. The third-order valence-corrected chi connectivity index (χ3v) is 5.86. The highest BCUT2D eigenvalue weighted by Crippen LogP contribution is 2.37. The van der Waals surface area contributed by atoms with Crippen LogP contribution in [0.4, 0.5) is 5.69 Å². The van der Waals surface area contributed by atoms with E-state index in [0.717, 1.165) is 18.9 Å². The molecule has 1 aromatic rings. The van der Waals surface area contributed by atoms with Crippen LogP contribution in [0.5, 0.6) is 0 Å². The first-order chi connectivity index (χ1) is 9.78. The molecule has 1 aromatic carbocycles. The molecule has 2 rings (SSSR count). The van der Waals surface area contributed by atoms with Crippen LogP contribution in [-0.4, -0.2) is 37.3 Å². The minimum atomic E-state index is -3.84. The van der Waals surface area contributed by atoms with E-state index in [4.69, 9.17) is 17.3 Å². The quantitative estimate of drug-likeness (QED) is 0.628. The summed E-state index contributed by atoms with van der Waals surface area (Å²) in [5, 5.41) is 10.8. The molecule has 0 heterocycles. The molecule has 0 saturated heterocycles. The highest BCUT2D eigenvalue weighted by Gasteiger charge is 2.38. The molecule has 0 bridgehead atoms. The van der Waals surface area contributed by atoms with Gasteiger partial charge in [0.1, 0.15) is 5.02 Å². The third-order valence-electron chi connectivity index (χ3n) is 3.67. The Bertz CT molecular complexity index is 660. The molecule has 0 amide bonds. The molecular formula is C12H16ClN3O4S. The molecule has 0 aromatic heterocycles. The van der Waals surface area contributed by atoms with E-state index in [9.17, 15) is 18.5 Å². The van der Waals surface area contributed by atoms with Gasteiger partial charge in [-0.1, -0.05) is 11.6 Å². The van der Waals surface area contributed by atoms with Crippen molar-refractivity contribution in [3.05, 3.63) is 33.3 Å². The standard InChI is InChI=1S/C12H16ClN3O4S/c1-15(12(7-14)8-2-3-8)21(19,20)9-4-5-10(13)11(6-9)16(17)18/h4-6,8,12H,2-3,7,14H2,1H3. The summed E-state index contributed by atoms with van der Waals surface area (Å²) in [5.74, 6) is 0.261. The van der Waals surface area contributed by atoms with E-state index >= 15 is 0 Å². The van der Waals surface area contributed by atoms with E-state index in [1.165, 1.54) is 23.5 Å². The zero-order valence-electron chi connectivity index (χ0n) is 11.4. The number of nitrogens with zero attached hydrogens (tertiary/aromatic N) is 2. The summed E-state index contributed by atoms with van der Waals surface area (Å²) in [5.41, 5.74) is 5.23. The Hall–Kier alpha value is -1.22. The number of nitrogens with two attached hydrogens (primary N) is 1. The van der Waals surface area contributed by atoms with Crippen molar-refractivity contribution < 1.29 is 13.3 Å². The monoisotopic (exact) mass is 333 g/mol. The molecular weight excluding hydrogens is 318 g/mol. The Kier molecular flexibility index (Phi) is 4.52. The van der Waals surface area contributed by atoms with Crippen molar-refractivity contribution in [2.45, 2.75) is 23.8 Å². The fourth-order valence-corrected chi connectivity index (χ4v) is 3.89. The number of halogens is 1. The minimum Gasteiger partial charge on any atom is -0.329 e. The van der Waals surface area contributed by atoms with Gasteiger partial charge in [0.2, 0.25) is 10.0 Å². The van der Waals surface area contributed by atoms with Crippen LogP contribution in [0, 0.1) is 16.0 Å². The van der Waals surface area contributed by atoms with Gasteiger partial charge in [0, 0.05) is 25.7 Å². The van der Waals surface area contributed by atoms with Crippen LogP contribution in [-0.2, 0) is 10.0 Å². The van der Waals surface area contributed by atoms with Crippen LogP contribution in [0.2, 0.25) is 5.02 Å². The maximum atomic E-state index is 12.6. The van der Waals surface area contributed by atoms with Gasteiger partial charge in [-0.2, -0.15) is 4.31 Å². The summed E-state index contributed by atoms with van der Waals surface area (Å²) in [6, 6.07) is 3.18. The Morgan fingerprint density at radius 1 is 1.52 bits per heavy atom. The molecule has 1 aliphatic carbocycles. The summed E-state index contributed by atoms with van der Waals surface area (Å²) in [4.78, 5) is 10.0. The van der Waals surface area contributed by atoms with Crippen molar-refractivity contribution in [2.75, 3.05) is 13.6 Å². The van der Waals surface area contributed by atoms with Crippen molar-refractivity contribution in [2.24, 2.45) is 11.7 Å². The van der Waals surface area contributed by atoms with Gasteiger partial charge in [-0.05, 0) is 30.9 Å². The summed E-state index contributed by atoms with van der Waals surface area (Å²) in [6.07, 6.45) is 1.89. The largest absolute Gasteiger partial charge is 0.329 e. The van der Waals surface area contributed by atoms with Gasteiger partial charge in [-0.3, -0.25) is 10.1 Å². The van der Waals surface area contributed by atoms with Gasteiger partial charge >= 0.3 is 0 Å². The third kappa shape index (κ3) is 3.18. The van der Waals surface area contributed by atoms with E-state index < -0.39 is 20.6 Å². The van der Waals surface area contributed by atoms with Gasteiger partial charge in [0.05, 0.1) is 9.82 Å². The molecule has 0 radical (unpaired) electrons. The summed E-state index contributed by atoms with van der Waals surface area (Å²) < 4.78 is 26.3. The maximum absolute atomic E-state index is 12.6. The van der Waals surface area contributed by atoms with Crippen molar-refractivity contribution in [3.63, 3.8) is 0 Å². The van der Waals surface area contributed by atoms with Crippen LogP contribution >= 0.6 is 11.6 Å². The average molecular weight is 334 g/mol. The molecule has 1 aliphatic rings. The van der Waals surface area contributed by atoms with Crippen LogP contribution in [0.3, 0.4) is 0 Å². The highest BCUT2D eigenvalue weighted by molar-refractivity contribution is 7.89. The molecule has 1 saturated carbocycles. The lowest BCUT2D eigenvalue weighted by Crippen LogP contribution is -2.43. The minimum absolute atomic E-state index is 0.0980. The van der Waals surface area contributed by atoms with E-state index in [2.05, 4.69) is 0 Å². The first-order valence-corrected chi connectivity index (χ1v) is 8.23. The van der Waals surface area contributed by atoms with Crippen molar-refractivity contribution in [1.29, 1.82) is 0 Å². The van der Waals surface area contributed by atoms with E-state index in [-0.39, 0.29) is 28.4 Å². The summed E-state index contributed by atoms with van der Waals surface area (Å²) in [6.45, 7) is 0.218. The fraction of sp³-hybridized carbons (Fsp3) is 0.500. The maximum Gasteiger partial charge on any atom is 0.289 e. The SMILES string of the molecule is CN(C(CN)C1CC1)S(=O)(=O)c1ccc(Cl)c([N+](=O)[O-])c1. The molecule has 21 heavy (non-hydrogen) atoms. The van der Waals surface area contributed by atoms with Gasteiger partial charge < -0.3 is 5.73 Å². The van der Waals surface area contributed by atoms with Crippen LogP contribution < -0.4 is 5.73 Å². The second-order valence-corrected chi connectivity index (χ2v) is 7.44. The van der Waals surface area contributed by atoms with Gasteiger partial charge in [0.25, 0.3) is 5.69 Å². The Morgan fingerprint density at radius 3 is 2.62 bits per heavy atom. The van der Waals surface area contributed by atoms with Crippen molar-refractivity contribution >= 4 is 27.3 Å². The Balaban J connectivity index is 2.39. The number of rotatable bonds is 6. The molecule has 1 fully saturated rings. The Morgan fingerprint density at radius 2 is 2.14 bits per heavy atom. The lowest BCUT2D eigenvalue weighted by atomic mass is 10.2. The lowest BCUT2D eigenvalue weighted by Gasteiger charge is -2.26. The molecule has 2 N–H and O–H groups in total. The zero-order valence-corrected chi connectivity index (χ0v) is 13.0. The first kappa shape index (κ1) is 16.2. The number of hydrogen-bond acceptors (Lipinski definition) is 5. The molecule has 0 spiro atoms. The van der Waals surface area contributed by atoms with Crippen molar-refractivity contribution in [3.8, 4) is 0 Å². The zero-order chi connectivity index (χ0) is 15.8. The van der Waals surface area contributed by atoms with Gasteiger partial charge in [-0.15, -0.1) is 0 Å². The molecule has 0 aliphatic heterocycles. The number of likely N-dealkylation sites (N-methyl/N-ethyl adjacent to an activating group) is 1. The first-order valence-electron chi connectivity index (χ1n) is 6.41. The van der Waals surface area contributed by atoms with Crippen molar-refractivity contribution in [1.82, 2.24) is 4.31 Å². The van der Waals surface area contributed by atoms with Crippen LogP contribution in [0.15, 0.2) is 23.1 Å². The van der Waals surface area contributed by atoms with E-state index in [0.29, 0.717) is 0 Å². The van der Waals surface area contributed by atoms with Crippen LogP contribution in [0.25, 0.3) is 0 Å². The van der Waals surface area contributed by atoms with Gasteiger partial charge in [0.15, 0.2) is 0 Å². The number of benzene rings is 1. The summed E-state index contributed by atoms with van der Waals surface area (Å²) >= 11 is 5.70. The Labute approximate surface area is 127 Å². The molecule has 1 atom stereocenters. The van der Waals surface area contributed by atoms with Crippen LogP contribution in [0.1, 0.15) is 12.8 Å². The number of nitro benzene ring substituents is 1. The smallest absolute Gasteiger partial charge is 0.289 e. The van der Waals surface area contributed by atoms with E-state index in [1.54, 1.807) is 0 Å². The predicted molar refractivity (Wildman–Crippen MR) is 78.6 cm³/mol. The normalized spacial score (nSPS) is 17.0. The number of nitro groups is 1. The number of sulfonamides is 1. The molecule has 7 nitrogen and oxygen atoms in total. The lowest BCUT2D eigenvalue weighted by molar-refractivity contribution is -0.384. The molecule has 116 valence electrons. The predicted octanol–water partition coefficient (Wildman–Crippen LogP) is 1.61. The van der Waals surface area contributed by atoms with E-state index in [1.807, 2.05) is 0 Å². The average Bonchev–Trinajstić information content (AvgIpc) is 3.24. The molecule has 1 unspecified atom stereocenters. The topological polar surface area (TPSA) is 107 Å². The second-order valence-electron chi connectivity index (χ2n) is 5.03. The number of hydrogen-bond donors (Lipinski definition) is 1. The highest BCUT2D eigenvalue weighted by atomic mass is 35.5. The van der Waals surface area contributed by atoms with Gasteiger partial charge in [-0.25, -0.2) is 8.42 Å². The molecule has 9 heteroatoms. The second kappa shape index (κ2) is 5.88. The summed E-state index contributed by atoms with van der Waals surface area (Å²) in [7, 11) is -2.39.